The summed E-state index contributed by atoms with van der Waals surface area (Å²) < 4.78 is 27.5. The summed E-state index contributed by atoms with van der Waals surface area (Å²) in [6.45, 7) is 2.21. The Hall–Kier alpha value is -3.02. The fourth-order valence-electron chi connectivity index (χ4n) is 3.23. The van der Waals surface area contributed by atoms with E-state index < -0.39 is 10.2 Å². The fraction of sp³-hybridized carbons (Fsp3) is 0.278. The van der Waals surface area contributed by atoms with Crippen LogP contribution in [0.15, 0.2) is 30.5 Å². The Morgan fingerprint density at radius 3 is 2.62 bits per heavy atom. The van der Waals surface area contributed by atoms with E-state index in [-0.39, 0.29) is 6.54 Å². The summed E-state index contributed by atoms with van der Waals surface area (Å²) in [6, 6.07) is 7.68. The van der Waals surface area contributed by atoms with Crippen molar-refractivity contribution < 1.29 is 8.42 Å². The molecule has 0 unspecified atom stereocenters. The van der Waals surface area contributed by atoms with Crippen LogP contribution in [0.3, 0.4) is 0 Å². The number of nitrogens with one attached hydrogen (secondary N) is 2. The number of pyridine rings is 1. The number of aromatic nitrogens is 5. The minimum Gasteiger partial charge on any atom is -0.382 e. The molecule has 0 saturated heterocycles. The van der Waals surface area contributed by atoms with Gasteiger partial charge < -0.3 is 10.7 Å². The van der Waals surface area contributed by atoms with Crippen LogP contribution in [-0.2, 0) is 16.8 Å². The number of imidazole rings is 1. The predicted octanol–water partition coefficient (Wildman–Crippen LogP) is 1.71. The van der Waals surface area contributed by atoms with E-state index >= 15 is 0 Å². The van der Waals surface area contributed by atoms with E-state index in [9.17, 15) is 8.42 Å². The number of benzene rings is 1. The molecule has 29 heavy (non-hydrogen) atoms. The third-order valence-corrected chi connectivity index (χ3v) is 6.74. The van der Waals surface area contributed by atoms with Gasteiger partial charge in [0.25, 0.3) is 10.2 Å². The Morgan fingerprint density at radius 2 is 1.97 bits per heavy atom. The summed E-state index contributed by atoms with van der Waals surface area (Å²) in [4.78, 5) is 12.3. The van der Waals surface area contributed by atoms with Crippen LogP contribution < -0.4 is 5.73 Å². The first-order valence-corrected chi connectivity index (χ1v) is 10.5. The number of nitrogens with two attached hydrogens (primary N) is 1. The Labute approximate surface area is 167 Å². The molecular formula is C18H22N8O2S. The van der Waals surface area contributed by atoms with E-state index in [0.29, 0.717) is 34.7 Å². The van der Waals surface area contributed by atoms with Crippen LogP contribution in [0.4, 0.5) is 5.82 Å². The zero-order valence-electron chi connectivity index (χ0n) is 16.3. The molecule has 11 heteroatoms. The summed E-state index contributed by atoms with van der Waals surface area (Å²) in [6.07, 6.45) is 1.69. The van der Waals surface area contributed by atoms with Crippen molar-refractivity contribution in [2.75, 3.05) is 26.4 Å². The number of hydrogen-bond acceptors (Lipinski definition) is 6. The molecule has 0 bridgehead atoms. The van der Waals surface area contributed by atoms with Crippen molar-refractivity contribution in [3.63, 3.8) is 0 Å². The molecule has 10 nitrogen and oxygen atoms in total. The lowest BCUT2D eigenvalue weighted by atomic mass is 10.1. The van der Waals surface area contributed by atoms with Gasteiger partial charge in [-0.05, 0) is 18.2 Å². The van der Waals surface area contributed by atoms with E-state index in [1.54, 1.807) is 13.1 Å². The molecule has 0 aliphatic heterocycles. The van der Waals surface area contributed by atoms with Crippen molar-refractivity contribution in [2.24, 2.45) is 0 Å². The van der Waals surface area contributed by atoms with Gasteiger partial charge in [0, 0.05) is 37.8 Å². The largest absolute Gasteiger partial charge is 0.382 e. The van der Waals surface area contributed by atoms with Gasteiger partial charge in [-0.25, -0.2) is 9.97 Å². The second kappa shape index (κ2) is 7.10. The van der Waals surface area contributed by atoms with Crippen LogP contribution in [0.1, 0.15) is 12.7 Å². The highest BCUT2D eigenvalue weighted by atomic mass is 32.2. The van der Waals surface area contributed by atoms with Crippen LogP contribution in [0.5, 0.6) is 0 Å². The standard InChI is InChI=1S/C18H22N8O2S/c1-4-26(29(27,28)25(2)3)10-15-22-16-12-6-5-11(13-7-8-20-24-13)9-14(12)21-18(19)17(16)23-15/h5-9H,4,10H2,1-3H3,(H2,19,21)(H,20,24)(H,22,23). The lowest BCUT2D eigenvalue weighted by molar-refractivity contribution is 0.377. The number of aromatic amines is 2. The van der Waals surface area contributed by atoms with Crippen molar-refractivity contribution in [3.05, 3.63) is 36.3 Å². The molecule has 1 aromatic carbocycles. The van der Waals surface area contributed by atoms with Crippen LogP contribution >= 0.6 is 0 Å². The van der Waals surface area contributed by atoms with Crippen molar-refractivity contribution in [1.82, 2.24) is 33.8 Å². The van der Waals surface area contributed by atoms with Crippen molar-refractivity contribution in [3.8, 4) is 11.3 Å². The first kappa shape index (κ1) is 19.3. The number of nitrogens with zero attached hydrogens (tertiary/aromatic N) is 5. The van der Waals surface area contributed by atoms with Crippen LogP contribution in [-0.4, -0.2) is 62.8 Å². The van der Waals surface area contributed by atoms with E-state index in [0.717, 1.165) is 16.6 Å². The first-order chi connectivity index (χ1) is 13.8. The molecule has 4 N–H and O–H groups in total. The third-order valence-electron chi connectivity index (χ3n) is 4.78. The van der Waals surface area contributed by atoms with Crippen LogP contribution in [0.2, 0.25) is 0 Å². The van der Waals surface area contributed by atoms with Gasteiger partial charge in [-0.3, -0.25) is 5.10 Å². The highest BCUT2D eigenvalue weighted by molar-refractivity contribution is 7.86. The Kier molecular flexibility index (Phi) is 4.73. The molecule has 3 aromatic heterocycles. The van der Waals surface area contributed by atoms with Gasteiger partial charge >= 0.3 is 0 Å². The smallest absolute Gasteiger partial charge is 0.281 e. The molecule has 0 spiro atoms. The van der Waals surface area contributed by atoms with Gasteiger partial charge in [0.1, 0.15) is 22.7 Å². The molecule has 0 fully saturated rings. The summed E-state index contributed by atoms with van der Waals surface area (Å²) in [7, 11) is -0.551. The minimum absolute atomic E-state index is 0.110. The van der Waals surface area contributed by atoms with Crippen LogP contribution in [0, 0.1) is 0 Å². The van der Waals surface area contributed by atoms with E-state index in [2.05, 4.69) is 25.1 Å². The Morgan fingerprint density at radius 1 is 1.17 bits per heavy atom. The van der Waals surface area contributed by atoms with Crippen molar-refractivity contribution in [2.45, 2.75) is 13.5 Å². The third kappa shape index (κ3) is 3.33. The molecule has 0 radical (unpaired) electrons. The summed E-state index contributed by atoms with van der Waals surface area (Å²) in [5, 5.41) is 7.73. The maximum absolute atomic E-state index is 12.5. The van der Waals surface area contributed by atoms with Gasteiger partial charge in [-0.1, -0.05) is 13.0 Å². The fourth-order valence-corrected chi connectivity index (χ4v) is 4.30. The van der Waals surface area contributed by atoms with E-state index in [1.165, 1.54) is 22.7 Å². The average molecular weight is 414 g/mol. The van der Waals surface area contributed by atoms with Crippen LogP contribution in [0.25, 0.3) is 33.2 Å². The summed E-state index contributed by atoms with van der Waals surface area (Å²) in [5.74, 6) is 0.817. The summed E-state index contributed by atoms with van der Waals surface area (Å²) in [5.41, 5.74) is 9.94. The van der Waals surface area contributed by atoms with Gasteiger partial charge in [-0.15, -0.1) is 0 Å². The number of hydrogen-bond donors (Lipinski definition) is 3. The molecule has 4 rings (SSSR count). The highest BCUT2D eigenvalue weighted by Gasteiger charge is 2.24. The zero-order chi connectivity index (χ0) is 20.8. The number of anilines is 1. The normalized spacial score (nSPS) is 12.6. The first-order valence-electron chi connectivity index (χ1n) is 9.06. The number of H-pyrrole nitrogens is 2. The van der Waals surface area contributed by atoms with Gasteiger partial charge in [0.05, 0.1) is 17.8 Å². The monoisotopic (exact) mass is 414 g/mol. The quantitative estimate of drug-likeness (QED) is 0.439. The summed E-state index contributed by atoms with van der Waals surface area (Å²) >= 11 is 0. The minimum atomic E-state index is -3.56. The number of nitrogen functional groups attached to an aromatic ring is 1. The molecule has 0 saturated carbocycles. The average Bonchev–Trinajstić information content (AvgIpc) is 3.35. The highest BCUT2D eigenvalue weighted by Crippen LogP contribution is 2.29. The predicted molar refractivity (Wildman–Crippen MR) is 112 cm³/mol. The second-order valence-electron chi connectivity index (χ2n) is 6.82. The maximum atomic E-state index is 12.5. The molecular weight excluding hydrogens is 392 g/mol. The lowest BCUT2D eigenvalue weighted by Crippen LogP contribution is -2.39. The molecule has 0 aliphatic rings. The Bertz CT molecular complexity index is 1280. The number of rotatable bonds is 6. The zero-order valence-corrected chi connectivity index (χ0v) is 17.2. The molecule has 0 aliphatic carbocycles. The topological polar surface area (TPSA) is 137 Å². The van der Waals surface area contributed by atoms with Gasteiger partial charge in [0.2, 0.25) is 0 Å². The molecule has 0 atom stereocenters. The molecule has 152 valence electrons. The van der Waals surface area contributed by atoms with E-state index in [4.69, 9.17) is 5.73 Å². The Balaban J connectivity index is 1.79. The number of fused-ring (bicyclic) bond motifs is 3. The molecule has 3 heterocycles. The second-order valence-corrected chi connectivity index (χ2v) is 8.97. The van der Waals surface area contributed by atoms with Crippen molar-refractivity contribution >= 4 is 38.0 Å². The maximum Gasteiger partial charge on any atom is 0.281 e. The van der Waals surface area contributed by atoms with Gasteiger partial charge in [0.15, 0.2) is 0 Å². The SMILES string of the molecule is CCN(Cc1nc2c([nH]1)c(N)nc1cc(-c3ccn[nH]3)ccc12)S(=O)(=O)N(C)C. The van der Waals surface area contributed by atoms with Gasteiger partial charge in [-0.2, -0.15) is 22.1 Å². The van der Waals surface area contributed by atoms with Crippen molar-refractivity contribution in [1.29, 1.82) is 0 Å². The molecule has 0 amide bonds. The lowest BCUT2D eigenvalue weighted by Gasteiger charge is -2.23. The molecule has 4 aromatic rings. The van der Waals surface area contributed by atoms with E-state index in [1.807, 2.05) is 24.3 Å².